The minimum atomic E-state index is -4.41. The molecule has 1 aliphatic rings. The van der Waals surface area contributed by atoms with Gasteiger partial charge in [-0.05, 0) is 44.0 Å². The molecule has 2 N–H and O–H groups in total. The molecule has 0 saturated carbocycles. The summed E-state index contributed by atoms with van der Waals surface area (Å²) < 4.78 is 38.2. The maximum atomic E-state index is 12.7. The Bertz CT molecular complexity index is 479. The Labute approximate surface area is 109 Å². The van der Waals surface area contributed by atoms with E-state index in [9.17, 15) is 18.0 Å². The van der Waals surface area contributed by atoms with Crippen molar-refractivity contribution in [1.29, 1.82) is 0 Å². The van der Waals surface area contributed by atoms with Crippen LogP contribution in [0.2, 0.25) is 0 Å². The molecule has 1 atom stereocenters. The first-order valence-corrected chi connectivity index (χ1v) is 6.10. The van der Waals surface area contributed by atoms with Gasteiger partial charge in [-0.2, -0.15) is 13.2 Å². The number of carbonyl (C=O) groups excluding carboxylic acids is 1. The normalized spacial score (nSPS) is 19.5. The van der Waals surface area contributed by atoms with Crippen molar-refractivity contribution in [3.63, 3.8) is 0 Å². The molecule has 0 radical (unpaired) electrons. The monoisotopic (exact) mass is 272 g/mol. The zero-order valence-corrected chi connectivity index (χ0v) is 10.5. The zero-order valence-electron chi connectivity index (χ0n) is 10.5. The van der Waals surface area contributed by atoms with Crippen molar-refractivity contribution in [1.82, 2.24) is 5.32 Å². The summed E-state index contributed by atoms with van der Waals surface area (Å²) in [6.07, 6.45) is -2.79. The topological polar surface area (TPSA) is 41.1 Å². The molecule has 1 aromatic rings. The molecular weight excluding hydrogens is 257 g/mol. The van der Waals surface area contributed by atoms with Gasteiger partial charge < -0.3 is 10.6 Å². The maximum Gasteiger partial charge on any atom is 0.416 e. The van der Waals surface area contributed by atoms with E-state index >= 15 is 0 Å². The highest BCUT2D eigenvalue weighted by Crippen LogP contribution is 2.33. The standard InChI is InChI=1S/C13H15F3N2O/c1-8-4-5-9(7-10(8)13(14,15)16)18-12(19)11-3-2-6-17-11/h4-5,7,11,17H,2-3,6H2,1H3,(H,18,19)/t11-/m0/s1. The molecule has 0 unspecified atom stereocenters. The van der Waals surface area contributed by atoms with Crippen LogP contribution in [-0.4, -0.2) is 18.5 Å². The molecular formula is C13H15F3N2O. The van der Waals surface area contributed by atoms with Crippen molar-refractivity contribution >= 4 is 11.6 Å². The van der Waals surface area contributed by atoms with Gasteiger partial charge in [-0.1, -0.05) is 6.07 Å². The number of halogens is 3. The number of aryl methyl sites for hydroxylation is 1. The lowest BCUT2D eigenvalue weighted by Crippen LogP contribution is -2.35. The van der Waals surface area contributed by atoms with E-state index in [2.05, 4.69) is 10.6 Å². The highest BCUT2D eigenvalue weighted by molar-refractivity contribution is 5.95. The van der Waals surface area contributed by atoms with Gasteiger partial charge in [0, 0.05) is 5.69 Å². The van der Waals surface area contributed by atoms with Gasteiger partial charge >= 0.3 is 6.18 Å². The second-order valence-electron chi connectivity index (χ2n) is 4.67. The van der Waals surface area contributed by atoms with Gasteiger partial charge in [0.15, 0.2) is 0 Å². The number of hydrogen-bond acceptors (Lipinski definition) is 2. The zero-order chi connectivity index (χ0) is 14.0. The first kappa shape index (κ1) is 13.9. The fraction of sp³-hybridized carbons (Fsp3) is 0.462. The molecule has 0 spiro atoms. The number of rotatable bonds is 2. The lowest BCUT2D eigenvalue weighted by atomic mass is 10.1. The second kappa shape index (κ2) is 5.21. The summed E-state index contributed by atoms with van der Waals surface area (Å²) in [5, 5.41) is 5.52. The molecule has 1 saturated heterocycles. The third kappa shape index (κ3) is 3.26. The van der Waals surface area contributed by atoms with Crippen molar-refractivity contribution in [3.8, 4) is 0 Å². The van der Waals surface area contributed by atoms with Gasteiger partial charge in [0.25, 0.3) is 0 Å². The van der Waals surface area contributed by atoms with Gasteiger partial charge in [-0.15, -0.1) is 0 Å². The van der Waals surface area contributed by atoms with Crippen LogP contribution in [0.15, 0.2) is 18.2 Å². The molecule has 1 fully saturated rings. The van der Waals surface area contributed by atoms with Crippen LogP contribution in [0.4, 0.5) is 18.9 Å². The smallest absolute Gasteiger partial charge is 0.325 e. The molecule has 3 nitrogen and oxygen atoms in total. The number of nitrogens with one attached hydrogen (secondary N) is 2. The number of carbonyl (C=O) groups is 1. The number of anilines is 1. The van der Waals surface area contributed by atoms with Crippen molar-refractivity contribution in [2.45, 2.75) is 32.0 Å². The van der Waals surface area contributed by atoms with Gasteiger partial charge in [0.05, 0.1) is 11.6 Å². The Morgan fingerprint density at radius 3 is 2.74 bits per heavy atom. The van der Waals surface area contributed by atoms with Crippen molar-refractivity contribution in [2.75, 3.05) is 11.9 Å². The number of amides is 1. The molecule has 6 heteroatoms. The molecule has 0 aliphatic carbocycles. The average molecular weight is 272 g/mol. The SMILES string of the molecule is Cc1ccc(NC(=O)[C@@H]2CCCN2)cc1C(F)(F)F. The molecule has 2 rings (SSSR count). The minimum Gasteiger partial charge on any atom is -0.325 e. The summed E-state index contributed by atoms with van der Waals surface area (Å²) >= 11 is 0. The number of alkyl halides is 3. The van der Waals surface area contributed by atoms with Gasteiger partial charge in [-0.3, -0.25) is 4.79 Å². The van der Waals surface area contributed by atoms with E-state index in [-0.39, 0.29) is 23.2 Å². The summed E-state index contributed by atoms with van der Waals surface area (Å²) in [5.41, 5.74) is -0.397. The fourth-order valence-electron chi connectivity index (χ4n) is 2.14. The highest BCUT2D eigenvalue weighted by Gasteiger charge is 2.32. The summed E-state index contributed by atoms with van der Waals surface area (Å²) in [4.78, 5) is 11.8. The predicted octanol–water partition coefficient (Wildman–Crippen LogP) is 2.70. The molecule has 0 aromatic heterocycles. The van der Waals surface area contributed by atoms with E-state index in [1.165, 1.54) is 19.1 Å². The van der Waals surface area contributed by atoms with Crippen molar-refractivity contribution in [3.05, 3.63) is 29.3 Å². The van der Waals surface area contributed by atoms with Crippen LogP contribution in [0.5, 0.6) is 0 Å². The molecule has 1 heterocycles. The van der Waals surface area contributed by atoms with E-state index in [1.807, 2.05) is 0 Å². The predicted molar refractivity (Wildman–Crippen MR) is 65.8 cm³/mol. The summed E-state index contributed by atoms with van der Waals surface area (Å²) in [7, 11) is 0. The second-order valence-corrected chi connectivity index (χ2v) is 4.67. The molecule has 1 aliphatic heterocycles. The number of benzene rings is 1. The summed E-state index contributed by atoms with van der Waals surface area (Å²) in [6, 6.07) is 3.51. The van der Waals surface area contributed by atoms with Crippen LogP contribution >= 0.6 is 0 Å². The van der Waals surface area contributed by atoms with E-state index in [1.54, 1.807) is 0 Å². The third-order valence-electron chi connectivity index (χ3n) is 3.19. The first-order chi connectivity index (χ1) is 8.88. The van der Waals surface area contributed by atoms with Gasteiger partial charge in [0.2, 0.25) is 5.91 Å². The molecule has 104 valence electrons. The van der Waals surface area contributed by atoms with Crippen LogP contribution in [0.25, 0.3) is 0 Å². The van der Waals surface area contributed by atoms with Crippen molar-refractivity contribution in [2.24, 2.45) is 0 Å². The highest BCUT2D eigenvalue weighted by atomic mass is 19.4. The quantitative estimate of drug-likeness (QED) is 0.869. The minimum absolute atomic E-state index is 0.143. The fourth-order valence-corrected chi connectivity index (χ4v) is 2.14. The van der Waals surface area contributed by atoms with Crippen LogP contribution in [0.1, 0.15) is 24.0 Å². The van der Waals surface area contributed by atoms with E-state index < -0.39 is 11.7 Å². The summed E-state index contributed by atoms with van der Waals surface area (Å²) in [5.74, 6) is -0.283. The Kier molecular flexibility index (Phi) is 3.80. The molecule has 1 amide bonds. The lowest BCUT2D eigenvalue weighted by molar-refractivity contribution is -0.138. The number of hydrogen-bond donors (Lipinski definition) is 2. The molecule has 0 bridgehead atoms. The lowest BCUT2D eigenvalue weighted by Gasteiger charge is -2.14. The summed E-state index contributed by atoms with van der Waals surface area (Å²) in [6.45, 7) is 2.16. The van der Waals surface area contributed by atoms with Crippen LogP contribution < -0.4 is 10.6 Å². The van der Waals surface area contributed by atoms with Crippen LogP contribution in [0, 0.1) is 6.92 Å². The van der Waals surface area contributed by atoms with Crippen molar-refractivity contribution < 1.29 is 18.0 Å². The van der Waals surface area contributed by atoms with E-state index in [4.69, 9.17) is 0 Å². The Morgan fingerprint density at radius 1 is 1.42 bits per heavy atom. The first-order valence-electron chi connectivity index (χ1n) is 6.10. The molecule has 19 heavy (non-hydrogen) atoms. The van der Waals surface area contributed by atoms with Crippen LogP contribution in [0.3, 0.4) is 0 Å². The Balaban J connectivity index is 2.15. The Morgan fingerprint density at radius 2 is 2.16 bits per heavy atom. The Hall–Kier alpha value is -1.56. The van der Waals surface area contributed by atoms with Crippen LogP contribution in [-0.2, 0) is 11.0 Å². The average Bonchev–Trinajstić information content (AvgIpc) is 2.83. The third-order valence-corrected chi connectivity index (χ3v) is 3.19. The maximum absolute atomic E-state index is 12.7. The van der Waals surface area contributed by atoms with Gasteiger partial charge in [-0.25, -0.2) is 0 Å². The molecule has 1 aromatic carbocycles. The van der Waals surface area contributed by atoms with E-state index in [0.717, 1.165) is 19.0 Å². The largest absolute Gasteiger partial charge is 0.416 e. The van der Waals surface area contributed by atoms with Gasteiger partial charge in [0.1, 0.15) is 0 Å². The van der Waals surface area contributed by atoms with E-state index in [0.29, 0.717) is 6.42 Å².